The van der Waals surface area contributed by atoms with Crippen molar-refractivity contribution < 1.29 is 13.6 Å². The highest BCUT2D eigenvalue weighted by Gasteiger charge is 2.24. The zero-order chi connectivity index (χ0) is 18.1. The molecule has 1 aromatic heterocycles. The van der Waals surface area contributed by atoms with Gasteiger partial charge in [-0.05, 0) is 48.5 Å². The van der Waals surface area contributed by atoms with Crippen molar-refractivity contribution in [3.63, 3.8) is 0 Å². The molecule has 4 rings (SSSR count). The minimum atomic E-state index is -0.595. The molecule has 3 aromatic rings. The number of anilines is 2. The molecule has 26 heavy (non-hydrogen) atoms. The quantitative estimate of drug-likeness (QED) is 0.610. The number of aromatic nitrogens is 1. The minimum absolute atomic E-state index is 0.00828. The zero-order valence-electron chi connectivity index (χ0n) is 13.6. The molecule has 0 radical (unpaired) electrons. The van der Waals surface area contributed by atoms with Gasteiger partial charge in [0.15, 0.2) is 0 Å². The first-order chi connectivity index (χ1) is 12.6. The van der Waals surface area contributed by atoms with E-state index in [0.29, 0.717) is 16.9 Å². The van der Waals surface area contributed by atoms with Crippen LogP contribution in [0, 0.1) is 11.6 Å². The van der Waals surface area contributed by atoms with Gasteiger partial charge in [0.1, 0.15) is 11.6 Å². The van der Waals surface area contributed by atoms with Gasteiger partial charge in [-0.2, -0.15) is 0 Å². The maximum absolute atomic E-state index is 13.8. The summed E-state index contributed by atoms with van der Waals surface area (Å²) in [4.78, 5) is 15.3. The molecule has 130 valence electrons. The van der Waals surface area contributed by atoms with Gasteiger partial charge < -0.3 is 15.6 Å². The Morgan fingerprint density at radius 2 is 1.85 bits per heavy atom. The van der Waals surface area contributed by atoms with Crippen LogP contribution in [0.3, 0.4) is 0 Å². The number of hydrogen-bond donors (Lipinski definition) is 3. The van der Waals surface area contributed by atoms with Crippen LogP contribution in [0.4, 0.5) is 20.2 Å². The Balaban J connectivity index is 1.61. The van der Waals surface area contributed by atoms with E-state index in [4.69, 9.17) is 0 Å². The van der Waals surface area contributed by atoms with Crippen molar-refractivity contribution in [2.75, 3.05) is 10.6 Å². The first kappa shape index (κ1) is 16.1. The molecule has 1 aliphatic rings. The maximum atomic E-state index is 13.8. The standard InChI is InChI=1S/C20H15F2N3O/c21-17-4-1-5-18(22)16(17)11-24-13-6-7-19-14(9-13)15(20(26)25-19)10-12-3-2-8-23-12/h1-10,23-24H,11H2,(H,25,26). The molecule has 0 aliphatic carbocycles. The molecule has 0 unspecified atom stereocenters. The second kappa shape index (κ2) is 6.48. The number of benzene rings is 2. The number of aromatic amines is 1. The number of carbonyl (C=O) groups excluding carboxylic acids is 1. The first-order valence-electron chi connectivity index (χ1n) is 8.09. The summed E-state index contributed by atoms with van der Waals surface area (Å²) in [5.74, 6) is -1.38. The number of halogens is 2. The molecular formula is C20H15F2N3O. The average molecular weight is 351 g/mol. The van der Waals surface area contributed by atoms with Crippen LogP contribution in [-0.4, -0.2) is 10.9 Å². The minimum Gasteiger partial charge on any atom is -0.381 e. The van der Waals surface area contributed by atoms with Gasteiger partial charge in [0, 0.05) is 40.9 Å². The van der Waals surface area contributed by atoms with Gasteiger partial charge in [-0.1, -0.05) is 6.07 Å². The Hall–Kier alpha value is -3.41. The lowest BCUT2D eigenvalue weighted by Gasteiger charge is -2.10. The number of rotatable bonds is 4. The number of amides is 1. The van der Waals surface area contributed by atoms with E-state index in [1.54, 1.807) is 30.5 Å². The van der Waals surface area contributed by atoms with Gasteiger partial charge in [0.05, 0.1) is 5.57 Å². The zero-order valence-corrected chi connectivity index (χ0v) is 13.6. The molecule has 0 fully saturated rings. The van der Waals surface area contributed by atoms with Gasteiger partial charge in [-0.15, -0.1) is 0 Å². The second-order valence-electron chi connectivity index (χ2n) is 5.95. The van der Waals surface area contributed by atoms with Gasteiger partial charge in [0.2, 0.25) is 0 Å². The lowest BCUT2D eigenvalue weighted by Crippen LogP contribution is -2.04. The molecule has 3 N–H and O–H groups in total. The molecule has 0 spiro atoms. The third kappa shape index (κ3) is 2.97. The molecule has 0 bridgehead atoms. The Bertz CT molecular complexity index is 990. The van der Waals surface area contributed by atoms with E-state index in [1.165, 1.54) is 18.2 Å². The lowest BCUT2D eigenvalue weighted by atomic mass is 10.0. The van der Waals surface area contributed by atoms with Crippen molar-refractivity contribution in [2.24, 2.45) is 0 Å². The molecule has 4 nitrogen and oxygen atoms in total. The van der Waals surface area contributed by atoms with Crippen LogP contribution in [0.15, 0.2) is 54.7 Å². The predicted octanol–water partition coefficient (Wildman–Crippen LogP) is 4.40. The molecule has 6 heteroatoms. The van der Waals surface area contributed by atoms with E-state index in [9.17, 15) is 13.6 Å². The van der Waals surface area contributed by atoms with E-state index < -0.39 is 11.6 Å². The summed E-state index contributed by atoms with van der Waals surface area (Å²) >= 11 is 0. The molecule has 1 amide bonds. The van der Waals surface area contributed by atoms with Crippen molar-refractivity contribution in [1.82, 2.24) is 4.98 Å². The van der Waals surface area contributed by atoms with E-state index in [-0.39, 0.29) is 18.0 Å². The van der Waals surface area contributed by atoms with E-state index in [1.807, 2.05) is 12.1 Å². The molecule has 2 heterocycles. The second-order valence-corrected chi connectivity index (χ2v) is 5.95. The molecule has 0 atom stereocenters. The number of hydrogen-bond acceptors (Lipinski definition) is 2. The lowest BCUT2D eigenvalue weighted by molar-refractivity contribution is -0.110. The topological polar surface area (TPSA) is 56.9 Å². The number of fused-ring (bicyclic) bond motifs is 1. The Labute approximate surface area is 148 Å². The highest BCUT2D eigenvalue weighted by atomic mass is 19.1. The van der Waals surface area contributed by atoms with E-state index >= 15 is 0 Å². The van der Waals surface area contributed by atoms with Gasteiger partial charge in [-0.25, -0.2) is 8.78 Å². The summed E-state index contributed by atoms with van der Waals surface area (Å²) in [6.45, 7) is 0.00828. The number of carbonyl (C=O) groups is 1. The van der Waals surface area contributed by atoms with Crippen molar-refractivity contribution in [2.45, 2.75) is 6.54 Å². The summed E-state index contributed by atoms with van der Waals surface area (Å²) in [7, 11) is 0. The monoisotopic (exact) mass is 351 g/mol. The van der Waals surface area contributed by atoms with Gasteiger partial charge in [-0.3, -0.25) is 4.79 Å². The van der Waals surface area contributed by atoms with Crippen LogP contribution in [0.5, 0.6) is 0 Å². The van der Waals surface area contributed by atoms with Gasteiger partial charge >= 0.3 is 0 Å². The normalized spacial score (nSPS) is 14.4. The van der Waals surface area contributed by atoms with Crippen molar-refractivity contribution in [1.29, 1.82) is 0 Å². The average Bonchev–Trinajstić information content (AvgIpc) is 3.23. The summed E-state index contributed by atoms with van der Waals surface area (Å²) in [6, 6.07) is 12.8. The van der Waals surface area contributed by atoms with Crippen molar-refractivity contribution in [3.05, 3.63) is 83.2 Å². The highest BCUT2D eigenvalue weighted by Crippen LogP contribution is 2.35. The largest absolute Gasteiger partial charge is 0.381 e. The number of H-pyrrole nitrogens is 1. The van der Waals surface area contributed by atoms with Crippen molar-refractivity contribution >= 4 is 28.9 Å². The van der Waals surface area contributed by atoms with Crippen LogP contribution >= 0.6 is 0 Å². The summed E-state index contributed by atoms with van der Waals surface area (Å²) < 4.78 is 27.5. The smallest absolute Gasteiger partial charge is 0.256 e. The molecule has 1 aliphatic heterocycles. The summed E-state index contributed by atoms with van der Waals surface area (Å²) in [5, 5.41) is 5.82. The fraction of sp³-hybridized carbons (Fsp3) is 0.0500. The van der Waals surface area contributed by atoms with Gasteiger partial charge in [0.25, 0.3) is 5.91 Å². The van der Waals surface area contributed by atoms with Crippen LogP contribution in [0.25, 0.3) is 11.6 Å². The van der Waals surface area contributed by atoms with Crippen LogP contribution < -0.4 is 10.6 Å². The SMILES string of the molecule is O=C1Nc2ccc(NCc3c(F)cccc3F)cc2C1=Cc1ccc[nH]1. The van der Waals surface area contributed by atoms with Crippen molar-refractivity contribution in [3.8, 4) is 0 Å². The fourth-order valence-electron chi connectivity index (χ4n) is 2.92. The Morgan fingerprint density at radius 3 is 2.58 bits per heavy atom. The molecule has 0 saturated carbocycles. The predicted molar refractivity (Wildman–Crippen MR) is 97.4 cm³/mol. The molecule has 2 aromatic carbocycles. The van der Waals surface area contributed by atoms with E-state index in [0.717, 1.165) is 11.3 Å². The third-order valence-electron chi connectivity index (χ3n) is 4.26. The molecule has 0 saturated heterocycles. The van der Waals surface area contributed by atoms with Crippen LogP contribution in [-0.2, 0) is 11.3 Å². The Morgan fingerprint density at radius 1 is 1.04 bits per heavy atom. The summed E-state index contributed by atoms with van der Waals surface area (Å²) in [6.07, 6.45) is 3.54. The van der Waals surface area contributed by atoms with E-state index in [2.05, 4.69) is 15.6 Å². The maximum Gasteiger partial charge on any atom is 0.256 e. The van der Waals surface area contributed by atoms with Crippen LogP contribution in [0.2, 0.25) is 0 Å². The Kier molecular flexibility index (Phi) is 4.01. The first-order valence-corrected chi connectivity index (χ1v) is 8.09. The highest BCUT2D eigenvalue weighted by molar-refractivity contribution is 6.35. The summed E-state index contributed by atoms with van der Waals surface area (Å²) in [5.41, 5.74) is 3.43. The molecular weight excluding hydrogens is 336 g/mol. The van der Waals surface area contributed by atoms with Crippen LogP contribution in [0.1, 0.15) is 16.8 Å². The number of nitrogens with one attached hydrogen (secondary N) is 3. The fourth-order valence-corrected chi connectivity index (χ4v) is 2.92. The third-order valence-corrected chi connectivity index (χ3v) is 4.26.